The summed E-state index contributed by atoms with van der Waals surface area (Å²) >= 11 is 3.33. The highest BCUT2D eigenvalue weighted by molar-refractivity contribution is 9.09. The van der Waals surface area contributed by atoms with Crippen molar-refractivity contribution >= 4 is 79.5 Å². The molecule has 365 valence electrons. The second-order valence-corrected chi connectivity index (χ2v) is 43.5. The van der Waals surface area contributed by atoms with Gasteiger partial charge in [-0.05, 0) is 86.1 Å². The average molecular weight is 1020 g/mol. The molecule has 2 atom stereocenters. The van der Waals surface area contributed by atoms with Gasteiger partial charge in [-0.3, -0.25) is 19.2 Å². The topological polar surface area (TPSA) is 105 Å². The van der Waals surface area contributed by atoms with Gasteiger partial charge in [-0.15, -0.1) is 5.10 Å². The minimum Gasteiger partial charge on any atom is -0.469 e. The van der Waals surface area contributed by atoms with Gasteiger partial charge < -0.3 is 18.3 Å². The fraction of sp³-hybridized carbons (Fsp3) is 0.760. The number of hydrogen-bond acceptors (Lipinski definition) is 8. The Bertz CT molecular complexity index is 1650. The molecule has 3 rings (SSSR count). The summed E-state index contributed by atoms with van der Waals surface area (Å²) in [6.45, 7) is 36.4. The quantitative estimate of drug-likeness (QED) is 0.0545. The van der Waals surface area contributed by atoms with Crippen molar-refractivity contribution in [2.75, 3.05) is 19.5 Å². The maximum Gasteiger partial charge on any atom is 0.305 e. The van der Waals surface area contributed by atoms with Crippen LogP contribution >= 0.6 is 15.9 Å². The molecule has 0 saturated heterocycles. The molecule has 0 N–H and O–H groups in total. The number of carbonyl (C=O) groups is 4. The van der Waals surface area contributed by atoms with Crippen LogP contribution in [0.5, 0.6) is 0 Å². The SMILES string of the molecule is CC(C)(C)[Si](C)(C)OC1C=C(CBr)C(=O)C1.COC(=O)CCC/C=C(/CC1=CC(O[Si](C)(C)C(C)(C)C)CC1=O)[Si](C)(C)C.COC(=O)CCC/C=C(/[B]C1CCCCC1)[Si](C)(C)C. The molecule has 8 nitrogen and oxygen atoms in total. The van der Waals surface area contributed by atoms with E-state index < -0.39 is 32.8 Å². The van der Waals surface area contributed by atoms with E-state index >= 15 is 0 Å². The van der Waals surface area contributed by atoms with Crippen molar-refractivity contribution in [3.05, 3.63) is 45.7 Å². The Kier molecular flexibility index (Phi) is 25.5. The monoisotopic (exact) mass is 1020 g/mol. The highest BCUT2D eigenvalue weighted by Crippen LogP contribution is 2.40. The van der Waals surface area contributed by atoms with Crippen molar-refractivity contribution in [1.82, 2.24) is 0 Å². The molecular formula is C50H91BBrO8Si4. The van der Waals surface area contributed by atoms with Crippen LogP contribution in [0.2, 0.25) is 81.4 Å². The number of ketones is 2. The molecule has 0 amide bonds. The summed E-state index contributed by atoms with van der Waals surface area (Å²) in [6, 6.07) is 0. The maximum atomic E-state index is 12.6. The lowest BCUT2D eigenvalue weighted by Gasteiger charge is -2.37. The molecule has 1 saturated carbocycles. The lowest BCUT2D eigenvalue weighted by molar-refractivity contribution is -0.141. The minimum absolute atomic E-state index is 0.000872. The first-order valence-electron chi connectivity index (χ1n) is 24.1. The molecule has 0 heterocycles. The number of esters is 2. The molecule has 0 spiro atoms. The van der Waals surface area contributed by atoms with Crippen molar-refractivity contribution in [3.8, 4) is 0 Å². The van der Waals surface area contributed by atoms with Gasteiger partial charge in [0, 0.05) is 36.6 Å². The third-order valence-electron chi connectivity index (χ3n) is 13.6. The Morgan fingerprint density at radius 2 is 1.09 bits per heavy atom. The molecule has 64 heavy (non-hydrogen) atoms. The summed E-state index contributed by atoms with van der Waals surface area (Å²) in [4.78, 5) is 46.6. The van der Waals surface area contributed by atoms with Crippen LogP contribution in [0.1, 0.15) is 131 Å². The molecule has 14 heteroatoms. The van der Waals surface area contributed by atoms with Crippen LogP contribution in [0.25, 0.3) is 0 Å². The van der Waals surface area contributed by atoms with E-state index in [1.54, 1.807) is 5.10 Å². The predicted octanol–water partition coefficient (Wildman–Crippen LogP) is 14.0. The van der Waals surface area contributed by atoms with Crippen LogP contribution in [0, 0.1) is 0 Å². The van der Waals surface area contributed by atoms with Crippen molar-refractivity contribution < 1.29 is 37.5 Å². The van der Waals surface area contributed by atoms with Gasteiger partial charge in [-0.1, -0.05) is 152 Å². The molecule has 2 unspecified atom stereocenters. The van der Waals surface area contributed by atoms with E-state index in [4.69, 9.17) is 13.6 Å². The third kappa shape index (κ3) is 22.1. The van der Waals surface area contributed by atoms with Crippen molar-refractivity contribution in [1.29, 1.82) is 0 Å². The summed E-state index contributed by atoms with van der Waals surface area (Å²) in [7, 11) is -1.02. The Morgan fingerprint density at radius 3 is 1.47 bits per heavy atom. The Balaban J connectivity index is 0.000000501. The minimum atomic E-state index is -1.89. The maximum absolute atomic E-state index is 12.6. The van der Waals surface area contributed by atoms with Crippen LogP contribution in [-0.4, -0.2) is 95.3 Å². The smallest absolute Gasteiger partial charge is 0.305 e. The van der Waals surface area contributed by atoms with Gasteiger partial charge in [0.2, 0.25) is 0 Å². The first-order chi connectivity index (χ1) is 29.3. The number of halogens is 1. The molecule has 3 aliphatic rings. The molecule has 3 aliphatic carbocycles. The van der Waals surface area contributed by atoms with Crippen LogP contribution < -0.4 is 0 Å². The van der Waals surface area contributed by atoms with E-state index in [0.717, 1.165) is 49.1 Å². The molecule has 0 aliphatic heterocycles. The number of Topliss-reactive ketones (excluding diaryl/α,β-unsaturated/α-hetero) is 2. The number of ether oxygens (including phenoxy) is 2. The molecule has 0 aromatic heterocycles. The zero-order valence-corrected chi connectivity index (χ0v) is 49.5. The molecule has 1 fully saturated rings. The summed E-state index contributed by atoms with van der Waals surface area (Å²) in [5, 5.41) is 3.94. The van der Waals surface area contributed by atoms with Crippen LogP contribution in [-0.2, 0) is 37.5 Å². The van der Waals surface area contributed by atoms with E-state index in [9.17, 15) is 19.2 Å². The molecule has 0 aromatic rings. The lowest BCUT2D eigenvalue weighted by atomic mass is 9.58. The molecular weight excluding hydrogens is 932 g/mol. The second kappa shape index (κ2) is 26.9. The predicted molar refractivity (Wildman–Crippen MR) is 285 cm³/mol. The van der Waals surface area contributed by atoms with Crippen LogP contribution in [0.4, 0.5) is 0 Å². The van der Waals surface area contributed by atoms with E-state index in [1.165, 1.54) is 51.5 Å². The zero-order valence-electron chi connectivity index (χ0n) is 43.9. The Labute approximate surface area is 405 Å². The van der Waals surface area contributed by atoms with Gasteiger partial charge in [0.15, 0.2) is 28.2 Å². The van der Waals surface area contributed by atoms with E-state index in [0.29, 0.717) is 31.0 Å². The number of alkyl halides is 1. The number of rotatable bonds is 19. The summed E-state index contributed by atoms with van der Waals surface area (Å²) < 4.78 is 22.0. The number of methoxy groups -OCH3 is 2. The van der Waals surface area contributed by atoms with Gasteiger partial charge in [0.1, 0.15) is 7.28 Å². The summed E-state index contributed by atoms with van der Waals surface area (Å²) in [5.41, 5.74) is 1.77. The van der Waals surface area contributed by atoms with Crippen molar-refractivity contribution in [2.45, 2.75) is 225 Å². The van der Waals surface area contributed by atoms with Crippen LogP contribution in [0.15, 0.2) is 45.7 Å². The molecule has 0 bridgehead atoms. The van der Waals surface area contributed by atoms with E-state index in [-0.39, 0.29) is 45.8 Å². The molecule has 0 aromatic carbocycles. The Morgan fingerprint density at radius 1 is 0.672 bits per heavy atom. The lowest BCUT2D eigenvalue weighted by Crippen LogP contribution is -2.43. The van der Waals surface area contributed by atoms with Gasteiger partial charge in [0.05, 0.1) is 42.6 Å². The van der Waals surface area contributed by atoms with E-state index in [2.05, 4.69) is 153 Å². The molecule has 1 radical (unpaired) electrons. The van der Waals surface area contributed by atoms with Gasteiger partial charge in [-0.2, -0.15) is 0 Å². The number of hydrogen-bond donors (Lipinski definition) is 0. The second-order valence-electron chi connectivity index (χ2n) is 23.2. The van der Waals surface area contributed by atoms with Gasteiger partial charge >= 0.3 is 11.9 Å². The van der Waals surface area contributed by atoms with Crippen molar-refractivity contribution in [2.24, 2.45) is 0 Å². The van der Waals surface area contributed by atoms with Gasteiger partial charge in [-0.25, -0.2) is 0 Å². The largest absolute Gasteiger partial charge is 0.469 e. The van der Waals surface area contributed by atoms with Crippen molar-refractivity contribution in [3.63, 3.8) is 0 Å². The normalized spacial score (nSPS) is 19.5. The Hall–Kier alpha value is -1.43. The van der Waals surface area contributed by atoms with Crippen LogP contribution in [0.3, 0.4) is 0 Å². The zero-order chi connectivity index (χ0) is 49.3. The highest BCUT2D eigenvalue weighted by atomic mass is 79.9. The van der Waals surface area contributed by atoms with Gasteiger partial charge in [0.25, 0.3) is 0 Å². The first kappa shape index (κ1) is 60.6. The summed E-state index contributed by atoms with van der Waals surface area (Å²) in [6.07, 6.45) is 21.8. The highest BCUT2D eigenvalue weighted by Gasteiger charge is 2.42. The first-order valence-corrected chi connectivity index (χ1v) is 38.0. The average Bonchev–Trinajstić information content (AvgIpc) is 3.70. The fourth-order valence-electron chi connectivity index (χ4n) is 7.18. The number of carbonyl (C=O) groups excluding carboxylic acids is 4. The number of unbranched alkanes of at least 4 members (excludes halogenated alkanes) is 2. The summed E-state index contributed by atoms with van der Waals surface area (Å²) in [5.74, 6) is 0.983. The third-order valence-corrected chi connectivity index (χ3v) is 27.6. The van der Waals surface area contributed by atoms with E-state index in [1.807, 2.05) is 6.08 Å². The standard InChI is InChI=1S/C22H40O4Si2.C16H30BO2Si.C12H21BrO2Si/c1-22(2,3)28(8,9)26-18-14-17(20(23)16-18)15-19(27(5,6)7)12-10-11-13-21(24)25-4;1-19-16(18)13-9-8-12-15(20(2,3)4)17-14-10-6-5-7-11-14;1-12(2,3)16(4,5)15-10-6-9(8-13)11(14)7-10/h12,14,18H,10-11,13,15-16H2,1-9H3;12,14H,5-11,13H2,1-4H3;6,10H,7-8H2,1-5H3/b19-12-;15-12-;. The fourth-order valence-corrected chi connectivity index (χ4v) is 13.2. The number of allylic oxidation sites excluding steroid dienone is 5.